The van der Waals surface area contributed by atoms with Gasteiger partial charge >= 0.3 is 0 Å². The van der Waals surface area contributed by atoms with E-state index in [4.69, 9.17) is 9.40 Å². The van der Waals surface area contributed by atoms with Crippen LogP contribution in [0.3, 0.4) is 0 Å². The molecule has 0 bridgehead atoms. The number of rotatable bonds is 5. The number of anilines is 1. The second-order valence-corrected chi connectivity index (χ2v) is 6.60. The quantitative estimate of drug-likeness (QED) is 0.694. The average Bonchev–Trinajstić information content (AvgIpc) is 3.42. The number of hydrogen-bond donors (Lipinski definition) is 0. The molecular weight excluding hydrogens is 342 g/mol. The molecule has 0 saturated carbocycles. The van der Waals surface area contributed by atoms with Crippen LogP contribution >= 0.6 is 0 Å². The van der Waals surface area contributed by atoms with Crippen LogP contribution in [0.4, 0.5) is 5.95 Å². The van der Waals surface area contributed by atoms with E-state index in [0.29, 0.717) is 23.8 Å². The third-order valence-electron chi connectivity index (χ3n) is 4.67. The van der Waals surface area contributed by atoms with E-state index < -0.39 is 0 Å². The van der Waals surface area contributed by atoms with E-state index in [1.165, 1.54) is 0 Å². The molecular formula is C20H21N5O2. The van der Waals surface area contributed by atoms with Gasteiger partial charge in [-0.15, -0.1) is 0 Å². The van der Waals surface area contributed by atoms with Gasteiger partial charge in [-0.25, -0.2) is 9.97 Å². The van der Waals surface area contributed by atoms with Crippen LogP contribution in [0.15, 0.2) is 53.5 Å². The lowest BCUT2D eigenvalue weighted by molar-refractivity contribution is 0.0775. The van der Waals surface area contributed by atoms with Gasteiger partial charge < -0.3 is 14.2 Å². The first-order valence-corrected chi connectivity index (χ1v) is 9.02. The largest absolute Gasteiger partial charge is 0.467 e. The zero-order valence-electron chi connectivity index (χ0n) is 15.2. The fourth-order valence-corrected chi connectivity index (χ4v) is 3.24. The van der Waals surface area contributed by atoms with E-state index in [2.05, 4.69) is 14.9 Å². The third kappa shape index (κ3) is 3.67. The summed E-state index contributed by atoms with van der Waals surface area (Å²) in [4.78, 5) is 30.1. The molecule has 3 aromatic rings. The van der Waals surface area contributed by atoms with Gasteiger partial charge in [0.25, 0.3) is 5.91 Å². The number of amides is 1. The number of nitrogens with zero attached hydrogens (tertiary/aromatic N) is 5. The number of pyridine rings is 1. The van der Waals surface area contributed by atoms with E-state index in [-0.39, 0.29) is 5.91 Å². The lowest BCUT2D eigenvalue weighted by Crippen LogP contribution is -2.28. The lowest BCUT2D eigenvalue weighted by atomic mass is 10.1. The molecule has 0 radical (unpaired) electrons. The number of carbonyl (C=O) groups is 1. The molecule has 7 heteroatoms. The summed E-state index contributed by atoms with van der Waals surface area (Å²) in [5.74, 6) is 1.25. The van der Waals surface area contributed by atoms with Crippen LogP contribution in [0.1, 0.15) is 29.0 Å². The van der Waals surface area contributed by atoms with E-state index >= 15 is 0 Å². The average molecular weight is 363 g/mol. The van der Waals surface area contributed by atoms with Crippen molar-refractivity contribution in [1.82, 2.24) is 19.9 Å². The molecule has 1 aliphatic heterocycles. The van der Waals surface area contributed by atoms with E-state index in [1.54, 1.807) is 36.8 Å². The van der Waals surface area contributed by atoms with Crippen molar-refractivity contribution in [2.45, 2.75) is 19.4 Å². The standard InChI is InChI=1S/C20H21N5O2/c1-24(14-16-5-4-12-27-16)19(26)17-13-22-20(25-10-2-3-11-25)23-18(17)15-6-8-21-9-7-15/h4-9,12-13H,2-3,10-11,14H2,1H3. The molecule has 4 rings (SSSR count). The van der Waals surface area contributed by atoms with Crippen molar-refractivity contribution < 1.29 is 9.21 Å². The van der Waals surface area contributed by atoms with Crippen molar-refractivity contribution in [3.63, 3.8) is 0 Å². The fourth-order valence-electron chi connectivity index (χ4n) is 3.24. The molecule has 0 unspecified atom stereocenters. The number of carbonyl (C=O) groups excluding carboxylic acids is 1. The predicted octanol–water partition coefficient (Wildman–Crippen LogP) is 3.00. The smallest absolute Gasteiger partial charge is 0.257 e. The first kappa shape index (κ1) is 17.2. The highest BCUT2D eigenvalue weighted by atomic mass is 16.3. The Bertz CT molecular complexity index is 905. The van der Waals surface area contributed by atoms with Crippen LogP contribution in [0.2, 0.25) is 0 Å². The molecule has 7 nitrogen and oxygen atoms in total. The molecule has 0 spiro atoms. The van der Waals surface area contributed by atoms with Crippen molar-refractivity contribution in [2.75, 3.05) is 25.0 Å². The Morgan fingerprint density at radius 3 is 2.70 bits per heavy atom. The molecule has 1 fully saturated rings. The fraction of sp³-hybridized carbons (Fsp3) is 0.300. The summed E-state index contributed by atoms with van der Waals surface area (Å²) in [5, 5.41) is 0. The molecule has 1 amide bonds. The van der Waals surface area contributed by atoms with Crippen LogP contribution < -0.4 is 4.90 Å². The Balaban J connectivity index is 1.69. The number of furan rings is 1. The van der Waals surface area contributed by atoms with Crippen LogP contribution in [0.25, 0.3) is 11.3 Å². The number of aromatic nitrogens is 3. The molecule has 138 valence electrons. The second-order valence-electron chi connectivity index (χ2n) is 6.60. The van der Waals surface area contributed by atoms with E-state index in [0.717, 1.165) is 37.3 Å². The summed E-state index contributed by atoms with van der Waals surface area (Å²) in [6.45, 7) is 2.28. The molecule has 1 aliphatic rings. The van der Waals surface area contributed by atoms with Gasteiger partial charge in [0.1, 0.15) is 5.76 Å². The normalized spacial score (nSPS) is 13.7. The zero-order valence-corrected chi connectivity index (χ0v) is 15.2. The molecule has 4 heterocycles. The van der Waals surface area contributed by atoms with E-state index in [1.807, 2.05) is 24.3 Å². The minimum atomic E-state index is -0.147. The maximum atomic E-state index is 13.1. The monoisotopic (exact) mass is 363 g/mol. The van der Waals surface area contributed by atoms with Crippen molar-refractivity contribution in [1.29, 1.82) is 0 Å². The molecule has 0 aliphatic carbocycles. The van der Waals surface area contributed by atoms with Crippen molar-refractivity contribution in [2.24, 2.45) is 0 Å². The van der Waals surface area contributed by atoms with E-state index in [9.17, 15) is 4.79 Å². The summed E-state index contributed by atoms with van der Waals surface area (Å²) < 4.78 is 5.35. The number of hydrogen-bond acceptors (Lipinski definition) is 6. The maximum absolute atomic E-state index is 13.1. The van der Waals surface area contributed by atoms with Gasteiger partial charge in [-0.3, -0.25) is 9.78 Å². The van der Waals surface area contributed by atoms with Gasteiger partial charge in [-0.2, -0.15) is 0 Å². The first-order chi connectivity index (χ1) is 13.2. The van der Waals surface area contributed by atoms with Crippen molar-refractivity contribution >= 4 is 11.9 Å². The zero-order chi connectivity index (χ0) is 18.6. The van der Waals surface area contributed by atoms with Gasteiger partial charge in [0.05, 0.1) is 24.1 Å². The molecule has 3 aromatic heterocycles. The summed E-state index contributed by atoms with van der Waals surface area (Å²) in [7, 11) is 1.75. The Hall–Kier alpha value is -3.22. The maximum Gasteiger partial charge on any atom is 0.257 e. The van der Waals surface area contributed by atoms with Gasteiger partial charge in [0.15, 0.2) is 0 Å². The van der Waals surface area contributed by atoms with Gasteiger partial charge in [0.2, 0.25) is 5.95 Å². The highest BCUT2D eigenvalue weighted by molar-refractivity contribution is 5.99. The van der Waals surface area contributed by atoms with Gasteiger partial charge in [0, 0.05) is 44.3 Å². The summed E-state index contributed by atoms with van der Waals surface area (Å²) in [6.07, 6.45) is 8.92. The molecule has 1 saturated heterocycles. The molecule has 0 N–H and O–H groups in total. The highest BCUT2D eigenvalue weighted by Gasteiger charge is 2.23. The van der Waals surface area contributed by atoms with Crippen LogP contribution in [0, 0.1) is 0 Å². The topological polar surface area (TPSA) is 75.4 Å². The van der Waals surface area contributed by atoms with Crippen LogP contribution in [0.5, 0.6) is 0 Å². The Labute approximate surface area is 157 Å². The summed E-state index contributed by atoms with van der Waals surface area (Å²) >= 11 is 0. The second kappa shape index (κ2) is 7.57. The van der Waals surface area contributed by atoms with Crippen molar-refractivity contribution in [3.8, 4) is 11.3 Å². The predicted molar refractivity (Wildman–Crippen MR) is 101 cm³/mol. The Morgan fingerprint density at radius 2 is 2.00 bits per heavy atom. The molecule has 27 heavy (non-hydrogen) atoms. The summed E-state index contributed by atoms with van der Waals surface area (Å²) in [5.41, 5.74) is 1.95. The third-order valence-corrected chi connectivity index (χ3v) is 4.67. The minimum Gasteiger partial charge on any atom is -0.467 e. The lowest BCUT2D eigenvalue weighted by Gasteiger charge is -2.20. The van der Waals surface area contributed by atoms with Crippen molar-refractivity contribution in [3.05, 3.63) is 60.4 Å². The summed E-state index contributed by atoms with van der Waals surface area (Å²) in [6, 6.07) is 7.38. The highest BCUT2D eigenvalue weighted by Crippen LogP contribution is 2.25. The minimum absolute atomic E-state index is 0.147. The SMILES string of the molecule is CN(Cc1ccco1)C(=O)c1cnc(N2CCCC2)nc1-c1ccncc1. The molecule has 0 aromatic carbocycles. The Kier molecular flexibility index (Phi) is 4.82. The first-order valence-electron chi connectivity index (χ1n) is 9.02. The van der Waals surface area contributed by atoms with Crippen LogP contribution in [-0.2, 0) is 6.54 Å². The van der Waals surface area contributed by atoms with Crippen LogP contribution in [-0.4, -0.2) is 45.9 Å². The Morgan fingerprint density at radius 1 is 1.22 bits per heavy atom. The molecule has 0 atom stereocenters. The van der Waals surface area contributed by atoms with Gasteiger partial charge in [-0.1, -0.05) is 0 Å². The van der Waals surface area contributed by atoms with Gasteiger partial charge in [-0.05, 0) is 37.1 Å².